The summed E-state index contributed by atoms with van der Waals surface area (Å²) in [7, 11) is 0. The van der Waals surface area contributed by atoms with Crippen molar-refractivity contribution in [3.63, 3.8) is 0 Å². The van der Waals surface area contributed by atoms with Gasteiger partial charge in [-0.05, 0) is 26.0 Å². The minimum absolute atomic E-state index is 0.0608. The van der Waals surface area contributed by atoms with E-state index in [4.69, 9.17) is 4.42 Å². The molecule has 1 aliphatic rings. The number of rotatable bonds is 8. The van der Waals surface area contributed by atoms with Gasteiger partial charge in [0.25, 0.3) is 0 Å². The van der Waals surface area contributed by atoms with Crippen molar-refractivity contribution in [2.45, 2.75) is 32.6 Å². The van der Waals surface area contributed by atoms with Crippen LogP contribution in [-0.4, -0.2) is 84.5 Å². The van der Waals surface area contributed by atoms with Gasteiger partial charge in [0.15, 0.2) is 0 Å². The maximum Gasteiger partial charge on any atom is 0.406 e. The van der Waals surface area contributed by atoms with Crippen LogP contribution < -0.4 is 5.32 Å². The molecule has 0 radical (unpaired) electrons. The molecule has 2 amide bonds. The van der Waals surface area contributed by atoms with Gasteiger partial charge in [0.05, 0.1) is 25.9 Å². The Morgan fingerprint density at radius 1 is 1.18 bits per heavy atom. The van der Waals surface area contributed by atoms with Gasteiger partial charge in [0, 0.05) is 32.2 Å². The molecule has 0 unspecified atom stereocenters. The summed E-state index contributed by atoms with van der Waals surface area (Å²) in [6.07, 6.45) is -3.12. The number of nitrogens with one attached hydrogen (secondary N) is 1. The van der Waals surface area contributed by atoms with Gasteiger partial charge in [-0.2, -0.15) is 13.2 Å². The molecule has 1 fully saturated rings. The molecule has 7 nitrogen and oxygen atoms in total. The van der Waals surface area contributed by atoms with Crippen molar-refractivity contribution in [1.29, 1.82) is 0 Å². The summed E-state index contributed by atoms with van der Waals surface area (Å²) < 4.78 is 43.6. The third-order valence-electron chi connectivity index (χ3n) is 4.29. The standard InChI is InChI=1S/C18H27F3N4O3/c1-14(2)22-16(26)11-23-5-7-24(8-6-23)12-17(27)25(13-18(19,20)21)10-15-4-3-9-28-15/h3-4,9,14H,5-8,10-13H2,1-2H3,(H,22,26). The van der Waals surface area contributed by atoms with Crippen molar-refractivity contribution in [1.82, 2.24) is 20.0 Å². The van der Waals surface area contributed by atoms with Crippen LogP contribution in [0.5, 0.6) is 0 Å². The first-order valence-electron chi connectivity index (χ1n) is 9.23. The first kappa shape index (κ1) is 22.2. The minimum Gasteiger partial charge on any atom is -0.467 e. The molecule has 1 saturated heterocycles. The average molecular weight is 404 g/mol. The lowest BCUT2D eigenvalue weighted by Crippen LogP contribution is -2.52. The van der Waals surface area contributed by atoms with E-state index in [1.165, 1.54) is 12.3 Å². The van der Waals surface area contributed by atoms with Crippen molar-refractivity contribution in [2.75, 3.05) is 45.8 Å². The molecule has 28 heavy (non-hydrogen) atoms. The molecule has 1 aliphatic heterocycles. The number of halogens is 3. The van der Waals surface area contributed by atoms with Gasteiger partial charge in [0.1, 0.15) is 12.3 Å². The Kier molecular flexibility index (Phi) is 7.88. The van der Waals surface area contributed by atoms with Gasteiger partial charge in [-0.3, -0.25) is 19.4 Å². The first-order chi connectivity index (χ1) is 13.1. The molecular weight excluding hydrogens is 377 g/mol. The van der Waals surface area contributed by atoms with Gasteiger partial charge < -0.3 is 14.6 Å². The molecule has 1 N–H and O–H groups in total. The highest BCUT2D eigenvalue weighted by molar-refractivity contribution is 5.79. The van der Waals surface area contributed by atoms with Crippen LogP contribution in [0.25, 0.3) is 0 Å². The largest absolute Gasteiger partial charge is 0.467 e. The number of carbonyl (C=O) groups excluding carboxylic acids is 2. The maximum atomic E-state index is 12.9. The molecule has 0 aliphatic carbocycles. The molecule has 10 heteroatoms. The SMILES string of the molecule is CC(C)NC(=O)CN1CCN(CC(=O)N(Cc2ccco2)CC(F)(F)F)CC1. The third kappa shape index (κ3) is 7.89. The smallest absolute Gasteiger partial charge is 0.406 e. The molecule has 0 aromatic carbocycles. The van der Waals surface area contributed by atoms with Crippen LogP contribution >= 0.6 is 0 Å². The van der Waals surface area contributed by atoms with E-state index in [-0.39, 0.29) is 31.6 Å². The number of piperazine rings is 1. The molecule has 0 saturated carbocycles. The second-order valence-corrected chi connectivity index (χ2v) is 7.22. The van der Waals surface area contributed by atoms with Crippen molar-refractivity contribution < 1.29 is 27.2 Å². The molecule has 1 aromatic heterocycles. The number of nitrogens with zero attached hydrogens (tertiary/aromatic N) is 3. The highest BCUT2D eigenvalue weighted by Gasteiger charge is 2.34. The van der Waals surface area contributed by atoms with Crippen LogP contribution in [-0.2, 0) is 16.1 Å². The lowest BCUT2D eigenvalue weighted by atomic mass is 10.3. The van der Waals surface area contributed by atoms with Gasteiger partial charge in [-0.15, -0.1) is 0 Å². The minimum atomic E-state index is -4.48. The first-order valence-corrected chi connectivity index (χ1v) is 9.23. The van der Waals surface area contributed by atoms with E-state index in [0.29, 0.717) is 31.9 Å². The molecule has 0 bridgehead atoms. The number of hydrogen-bond acceptors (Lipinski definition) is 5. The Bertz CT molecular complexity index is 627. The molecule has 2 heterocycles. The quantitative estimate of drug-likeness (QED) is 0.708. The fourth-order valence-corrected chi connectivity index (χ4v) is 3.01. The third-order valence-corrected chi connectivity index (χ3v) is 4.29. The summed E-state index contributed by atoms with van der Waals surface area (Å²) in [5.41, 5.74) is 0. The van der Waals surface area contributed by atoms with Gasteiger partial charge in [0.2, 0.25) is 11.8 Å². The van der Waals surface area contributed by atoms with Crippen LogP contribution in [0.2, 0.25) is 0 Å². The summed E-state index contributed by atoms with van der Waals surface area (Å²) in [5.74, 6) is -0.354. The monoisotopic (exact) mass is 404 g/mol. The van der Waals surface area contributed by atoms with E-state index in [9.17, 15) is 22.8 Å². The van der Waals surface area contributed by atoms with Crippen molar-refractivity contribution in [2.24, 2.45) is 0 Å². The summed E-state index contributed by atoms with van der Waals surface area (Å²) in [6, 6.07) is 3.18. The fourth-order valence-electron chi connectivity index (χ4n) is 3.01. The van der Waals surface area contributed by atoms with Crippen LogP contribution in [0.3, 0.4) is 0 Å². The molecule has 2 rings (SSSR count). The van der Waals surface area contributed by atoms with E-state index >= 15 is 0 Å². The topological polar surface area (TPSA) is 69.0 Å². The Labute approximate surface area is 162 Å². The van der Waals surface area contributed by atoms with Crippen LogP contribution in [0.4, 0.5) is 13.2 Å². The summed E-state index contributed by atoms with van der Waals surface area (Å²) in [4.78, 5) is 28.8. The number of hydrogen-bond donors (Lipinski definition) is 1. The Morgan fingerprint density at radius 3 is 2.29 bits per heavy atom. The molecule has 0 atom stereocenters. The average Bonchev–Trinajstić information content (AvgIpc) is 3.07. The van der Waals surface area contributed by atoms with E-state index in [1.807, 2.05) is 23.6 Å². The summed E-state index contributed by atoms with van der Waals surface area (Å²) in [5, 5.41) is 2.82. The Hall–Kier alpha value is -2.07. The van der Waals surface area contributed by atoms with Gasteiger partial charge in [-0.1, -0.05) is 0 Å². The number of amides is 2. The lowest BCUT2D eigenvalue weighted by molar-refractivity contribution is -0.163. The fraction of sp³-hybridized carbons (Fsp3) is 0.667. The Balaban J connectivity index is 1.84. The zero-order valence-electron chi connectivity index (χ0n) is 16.2. The second kappa shape index (κ2) is 9.92. The normalized spacial score (nSPS) is 16.4. The van der Waals surface area contributed by atoms with Gasteiger partial charge in [-0.25, -0.2) is 0 Å². The Morgan fingerprint density at radius 2 is 1.79 bits per heavy atom. The predicted octanol–water partition coefficient (Wildman–Crippen LogP) is 1.31. The molecular formula is C18H27F3N4O3. The highest BCUT2D eigenvalue weighted by Crippen LogP contribution is 2.19. The molecule has 0 spiro atoms. The lowest BCUT2D eigenvalue weighted by Gasteiger charge is -2.35. The zero-order valence-corrected chi connectivity index (χ0v) is 16.2. The van der Waals surface area contributed by atoms with Crippen molar-refractivity contribution in [3.8, 4) is 0 Å². The zero-order chi connectivity index (χ0) is 20.7. The second-order valence-electron chi connectivity index (χ2n) is 7.22. The molecule has 1 aromatic rings. The van der Waals surface area contributed by atoms with E-state index in [0.717, 1.165) is 4.90 Å². The van der Waals surface area contributed by atoms with Crippen molar-refractivity contribution >= 4 is 11.8 Å². The summed E-state index contributed by atoms with van der Waals surface area (Å²) >= 11 is 0. The van der Waals surface area contributed by atoms with E-state index in [1.54, 1.807) is 6.07 Å². The maximum absolute atomic E-state index is 12.9. The van der Waals surface area contributed by atoms with Crippen molar-refractivity contribution in [3.05, 3.63) is 24.2 Å². The van der Waals surface area contributed by atoms with Gasteiger partial charge >= 0.3 is 6.18 Å². The number of alkyl halides is 3. The number of carbonyl (C=O) groups is 2. The molecule has 158 valence electrons. The highest BCUT2D eigenvalue weighted by atomic mass is 19.4. The predicted molar refractivity (Wildman–Crippen MR) is 96.3 cm³/mol. The van der Waals surface area contributed by atoms with Crippen LogP contribution in [0.1, 0.15) is 19.6 Å². The summed E-state index contributed by atoms with van der Waals surface area (Å²) in [6.45, 7) is 4.60. The van der Waals surface area contributed by atoms with Crippen LogP contribution in [0.15, 0.2) is 22.8 Å². The van der Waals surface area contributed by atoms with E-state index in [2.05, 4.69) is 5.32 Å². The number of furan rings is 1. The van der Waals surface area contributed by atoms with E-state index < -0.39 is 18.6 Å². The van der Waals surface area contributed by atoms with Crippen LogP contribution in [0, 0.1) is 0 Å².